The van der Waals surface area contributed by atoms with Crippen molar-refractivity contribution in [1.29, 1.82) is 0 Å². The second-order valence-electron chi connectivity index (χ2n) is 6.18. The van der Waals surface area contributed by atoms with Gasteiger partial charge in [-0.3, -0.25) is 0 Å². The monoisotopic (exact) mass is 311 g/mol. The molecule has 6 heteroatoms. The highest BCUT2D eigenvalue weighted by Crippen LogP contribution is 2.41. The summed E-state index contributed by atoms with van der Waals surface area (Å²) in [6.45, 7) is 3.92. The van der Waals surface area contributed by atoms with E-state index in [9.17, 15) is 4.39 Å². The molecule has 1 atom stereocenters. The lowest BCUT2D eigenvalue weighted by atomic mass is 10.0. The molecule has 0 aliphatic heterocycles. The fourth-order valence-electron chi connectivity index (χ4n) is 2.88. The van der Waals surface area contributed by atoms with E-state index in [1.54, 1.807) is 10.6 Å². The highest BCUT2D eigenvalue weighted by molar-refractivity contribution is 5.46. The standard InChI is InChI=1S/C17H18FN5/c1-10-7-16(23-17(21-10)19-9-20-23)22-11(2)13-5-6-14(12-3-4-12)15(18)8-13/h5-9,11-12,22H,3-4H2,1-2H3. The summed E-state index contributed by atoms with van der Waals surface area (Å²) in [5, 5.41) is 7.55. The van der Waals surface area contributed by atoms with Gasteiger partial charge in [-0.25, -0.2) is 9.37 Å². The van der Waals surface area contributed by atoms with Gasteiger partial charge in [-0.1, -0.05) is 12.1 Å². The number of aryl methyl sites for hydroxylation is 1. The average molecular weight is 311 g/mol. The van der Waals surface area contributed by atoms with Crippen molar-refractivity contribution in [2.24, 2.45) is 0 Å². The van der Waals surface area contributed by atoms with E-state index in [2.05, 4.69) is 20.4 Å². The van der Waals surface area contributed by atoms with Crippen LogP contribution in [0.2, 0.25) is 0 Å². The van der Waals surface area contributed by atoms with Gasteiger partial charge < -0.3 is 5.32 Å². The predicted molar refractivity (Wildman–Crippen MR) is 85.9 cm³/mol. The van der Waals surface area contributed by atoms with Crippen LogP contribution in [0.15, 0.2) is 30.6 Å². The van der Waals surface area contributed by atoms with Gasteiger partial charge in [0, 0.05) is 11.8 Å². The van der Waals surface area contributed by atoms with Gasteiger partial charge in [0.25, 0.3) is 5.78 Å². The third-order valence-corrected chi connectivity index (χ3v) is 4.29. The van der Waals surface area contributed by atoms with Crippen molar-refractivity contribution < 1.29 is 4.39 Å². The molecule has 1 aliphatic carbocycles. The number of nitrogens with one attached hydrogen (secondary N) is 1. The van der Waals surface area contributed by atoms with Crippen molar-refractivity contribution in [1.82, 2.24) is 19.6 Å². The Bertz CT molecular complexity index is 869. The third kappa shape index (κ3) is 2.65. The fourth-order valence-corrected chi connectivity index (χ4v) is 2.88. The number of anilines is 1. The quantitative estimate of drug-likeness (QED) is 0.799. The molecule has 3 aromatic rings. The molecule has 1 aromatic carbocycles. The maximum absolute atomic E-state index is 14.2. The molecule has 5 nitrogen and oxygen atoms in total. The average Bonchev–Trinajstić information content (AvgIpc) is 3.24. The molecular weight excluding hydrogens is 293 g/mol. The van der Waals surface area contributed by atoms with E-state index in [4.69, 9.17) is 0 Å². The molecule has 1 N–H and O–H groups in total. The smallest absolute Gasteiger partial charge is 0.254 e. The van der Waals surface area contributed by atoms with E-state index in [-0.39, 0.29) is 11.9 Å². The van der Waals surface area contributed by atoms with E-state index >= 15 is 0 Å². The van der Waals surface area contributed by atoms with Crippen LogP contribution in [0.1, 0.15) is 48.5 Å². The minimum Gasteiger partial charge on any atom is -0.363 e. The van der Waals surface area contributed by atoms with Crippen LogP contribution in [-0.2, 0) is 0 Å². The van der Waals surface area contributed by atoms with Crippen molar-refractivity contribution in [2.75, 3.05) is 5.32 Å². The van der Waals surface area contributed by atoms with Crippen LogP contribution >= 0.6 is 0 Å². The first-order valence-electron chi connectivity index (χ1n) is 7.85. The summed E-state index contributed by atoms with van der Waals surface area (Å²) in [5.74, 6) is 1.67. The van der Waals surface area contributed by atoms with Crippen molar-refractivity contribution in [2.45, 2.75) is 38.6 Å². The second kappa shape index (κ2) is 5.30. The zero-order valence-electron chi connectivity index (χ0n) is 13.1. The minimum absolute atomic E-state index is 0.0491. The van der Waals surface area contributed by atoms with Gasteiger partial charge in [-0.2, -0.15) is 14.6 Å². The molecule has 0 saturated heterocycles. The maximum Gasteiger partial charge on any atom is 0.254 e. The van der Waals surface area contributed by atoms with Crippen molar-refractivity contribution in [3.63, 3.8) is 0 Å². The van der Waals surface area contributed by atoms with Gasteiger partial charge in [-0.15, -0.1) is 0 Å². The zero-order valence-corrected chi connectivity index (χ0v) is 13.1. The number of rotatable bonds is 4. The third-order valence-electron chi connectivity index (χ3n) is 4.29. The Morgan fingerprint density at radius 2 is 2.13 bits per heavy atom. The van der Waals surface area contributed by atoms with Crippen molar-refractivity contribution in [3.05, 3.63) is 53.2 Å². The molecule has 1 saturated carbocycles. The highest BCUT2D eigenvalue weighted by atomic mass is 19.1. The summed E-state index contributed by atoms with van der Waals surface area (Å²) in [7, 11) is 0. The molecule has 0 amide bonds. The van der Waals surface area contributed by atoms with Gasteiger partial charge in [-0.05, 0) is 49.8 Å². The van der Waals surface area contributed by atoms with Crippen LogP contribution in [0, 0.1) is 12.7 Å². The largest absolute Gasteiger partial charge is 0.363 e. The van der Waals surface area contributed by atoms with E-state index in [0.717, 1.165) is 35.5 Å². The summed E-state index contributed by atoms with van der Waals surface area (Å²) in [6, 6.07) is 7.42. The van der Waals surface area contributed by atoms with Crippen molar-refractivity contribution in [3.8, 4) is 0 Å². The molecule has 0 radical (unpaired) electrons. The number of fused-ring (bicyclic) bond motifs is 1. The number of halogens is 1. The number of aromatic nitrogens is 4. The summed E-state index contributed by atoms with van der Waals surface area (Å²) in [4.78, 5) is 8.43. The Morgan fingerprint density at radius 3 is 2.87 bits per heavy atom. The zero-order chi connectivity index (χ0) is 16.0. The topological polar surface area (TPSA) is 55.1 Å². The summed E-state index contributed by atoms with van der Waals surface area (Å²) < 4.78 is 15.9. The van der Waals surface area contributed by atoms with Crippen LogP contribution in [-0.4, -0.2) is 19.6 Å². The molecule has 1 fully saturated rings. The molecular formula is C17H18FN5. The van der Waals surface area contributed by atoms with Crippen LogP contribution in [0.3, 0.4) is 0 Å². The van der Waals surface area contributed by atoms with Gasteiger partial charge >= 0.3 is 0 Å². The molecule has 1 aliphatic rings. The number of benzene rings is 1. The van der Waals surface area contributed by atoms with Gasteiger partial charge in [0.15, 0.2) is 0 Å². The number of hydrogen-bond donors (Lipinski definition) is 1. The molecule has 0 bridgehead atoms. The van der Waals surface area contributed by atoms with Gasteiger partial charge in [0.05, 0.1) is 6.04 Å². The van der Waals surface area contributed by atoms with Crippen molar-refractivity contribution >= 4 is 11.6 Å². The van der Waals surface area contributed by atoms with Gasteiger partial charge in [0.2, 0.25) is 0 Å². The molecule has 4 rings (SSSR count). The summed E-state index contributed by atoms with van der Waals surface area (Å²) in [6.07, 6.45) is 3.68. The highest BCUT2D eigenvalue weighted by Gasteiger charge is 2.26. The van der Waals surface area contributed by atoms with Crippen LogP contribution in [0.5, 0.6) is 0 Å². The maximum atomic E-state index is 14.2. The number of nitrogens with zero attached hydrogens (tertiary/aromatic N) is 4. The molecule has 23 heavy (non-hydrogen) atoms. The van der Waals surface area contributed by atoms with Crippen LogP contribution in [0.25, 0.3) is 5.78 Å². The van der Waals surface area contributed by atoms with Gasteiger partial charge in [0.1, 0.15) is 18.0 Å². The van der Waals surface area contributed by atoms with E-state index in [1.807, 2.05) is 32.0 Å². The Hall–Kier alpha value is -2.50. The lowest BCUT2D eigenvalue weighted by molar-refractivity contribution is 0.606. The fraction of sp³-hybridized carbons (Fsp3) is 0.353. The SMILES string of the molecule is Cc1cc(NC(C)c2ccc(C3CC3)c(F)c2)n2ncnc2n1. The lowest BCUT2D eigenvalue weighted by Gasteiger charge is -2.17. The Balaban J connectivity index is 1.62. The van der Waals surface area contributed by atoms with E-state index in [1.165, 1.54) is 6.33 Å². The summed E-state index contributed by atoms with van der Waals surface area (Å²) in [5.41, 5.74) is 2.62. The Morgan fingerprint density at radius 1 is 1.30 bits per heavy atom. The molecule has 2 aromatic heterocycles. The summed E-state index contributed by atoms with van der Waals surface area (Å²) >= 11 is 0. The normalized spacial score (nSPS) is 15.8. The minimum atomic E-state index is -0.101. The first-order chi connectivity index (χ1) is 11.1. The first kappa shape index (κ1) is 14.1. The molecule has 118 valence electrons. The Labute approximate surface area is 133 Å². The molecule has 2 heterocycles. The second-order valence-corrected chi connectivity index (χ2v) is 6.18. The number of hydrogen-bond acceptors (Lipinski definition) is 4. The van der Waals surface area contributed by atoms with Crippen LogP contribution < -0.4 is 5.32 Å². The lowest BCUT2D eigenvalue weighted by Crippen LogP contribution is -2.12. The first-order valence-corrected chi connectivity index (χ1v) is 7.85. The van der Waals surface area contributed by atoms with E-state index in [0.29, 0.717) is 11.7 Å². The molecule has 1 unspecified atom stereocenters. The van der Waals surface area contributed by atoms with Crippen LogP contribution in [0.4, 0.5) is 10.2 Å². The molecule has 0 spiro atoms. The Kier molecular flexibility index (Phi) is 3.25. The van der Waals surface area contributed by atoms with E-state index < -0.39 is 0 Å². The predicted octanol–water partition coefficient (Wildman–Crippen LogP) is 3.62.